The van der Waals surface area contributed by atoms with Crippen LogP contribution in [0.1, 0.15) is 36.3 Å². The number of esters is 1. The summed E-state index contributed by atoms with van der Waals surface area (Å²) >= 11 is 6.28. The molecule has 2 aliphatic rings. The van der Waals surface area contributed by atoms with Crippen LogP contribution in [0.2, 0.25) is 5.02 Å². The molecule has 4 heteroatoms. The van der Waals surface area contributed by atoms with Crippen molar-refractivity contribution in [1.29, 1.82) is 0 Å². The van der Waals surface area contributed by atoms with Crippen molar-refractivity contribution >= 4 is 17.6 Å². The molecule has 3 rings (SSSR count). The number of benzene rings is 1. The summed E-state index contributed by atoms with van der Waals surface area (Å²) in [5.41, 5.74) is 2.25. The molecule has 0 aliphatic carbocycles. The molecule has 0 spiro atoms. The largest absolute Gasteiger partial charge is 0.469 e. The first-order valence-corrected chi connectivity index (χ1v) is 7.96. The van der Waals surface area contributed by atoms with Crippen LogP contribution in [-0.2, 0) is 9.53 Å². The minimum Gasteiger partial charge on any atom is -0.469 e. The van der Waals surface area contributed by atoms with Gasteiger partial charge in [0, 0.05) is 23.0 Å². The van der Waals surface area contributed by atoms with Crippen molar-refractivity contribution in [2.75, 3.05) is 14.2 Å². The number of ether oxygens (including phenoxy) is 1. The third-order valence-electron chi connectivity index (χ3n) is 5.37. The SMILES string of the molecule is COC(=O)[C@@H]1C2CCC(C[C@@H]1c1ccc(C)c(Cl)c1)N2C. The van der Waals surface area contributed by atoms with E-state index < -0.39 is 0 Å². The van der Waals surface area contributed by atoms with Crippen molar-refractivity contribution in [3.05, 3.63) is 34.3 Å². The number of methoxy groups -OCH3 is 1. The van der Waals surface area contributed by atoms with Gasteiger partial charge in [-0.2, -0.15) is 0 Å². The Balaban J connectivity index is 1.98. The Hall–Kier alpha value is -1.06. The van der Waals surface area contributed by atoms with Gasteiger partial charge in [0.1, 0.15) is 0 Å². The smallest absolute Gasteiger partial charge is 0.310 e. The molecule has 2 fully saturated rings. The van der Waals surface area contributed by atoms with E-state index in [2.05, 4.69) is 18.0 Å². The number of hydrogen-bond acceptors (Lipinski definition) is 3. The Bertz CT molecular complexity index is 560. The Morgan fingerprint density at radius 2 is 2.14 bits per heavy atom. The second-order valence-corrected chi connectivity index (χ2v) is 6.77. The van der Waals surface area contributed by atoms with Crippen molar-refractivity contribution < 1.29 is 9.53 Å². The molecule has 4 atom stereocenters. The molecule has 114 valence electrons. The fourth-order valence-corrected chi connectivity index (χ4v) is 4.30. The molecule has 3 nitrogen and oxygen atoms in total. The molecule has 0 amide bonds. The number of nitrogens with zero attached hydrogens (tertiary/aromatic N) is 1. The summed E-state index contributed by atoms with van der Waals surface area (Å²) in [6, 6.07) is 7.06. The zero-order valence-corrected chi connectivity index (χ0v) is 13.6. The van der Waals surface area contributed by atoms with Gasteiger partial charge in [-0.25, -0.2) is 0 Å². The number of fused-ring (bicyclic) bond motifs is 2. The molecule has 0 N–H and O–H groups in total. The Labute approximate surface area is 131 Å². The molecule has 2 saturated heterocycles. The molecule has 0 aromatic heterocycles. The second kappa shape index (κ2) is 5.62. The number of aryl methyl sites for hydroxylation is 1. The van der Waals surface area contributed by atoms with Gasteiger partial charge in [0.15, 0.2) is 0 Å². The van der Waals surface area contributed by atoms with Crippen molar-refractivity contribution in [1.82, 2.24) is 4.90 Å². The average molecular weight is 308 g/mol. The average Bonchev–Trinajstić information content (AvgIpc) is 2.72. The number of hydrogen-bond donors (Lipinski definition) is 0. The van der Waals surface area contributed by atoms with Crippen LogP contribution in [0.5, 0.6) is 0 Å². The predicted octanol–water partition coefficient (Wildman–Crippen LogP) is 3.39. The van der Waals surface area contributed by atoms with Gasteiger partial charge in [0.25, 0.3) is 0 Å². The quantitative estimate of drug-likeness (QED) is 0.784. The van der Waals surface area contributed by atoms with Gasteiger partial charge in [0.05, 0.1) is 13.0 Å². The lowest BCUT2D eigenvalue weighted by molar-refractivity contribution is -0.150. The maximum absolute atomic E-state index is 12.4. The molecule has 0 radical (unpaired) electrons. The van der Waals surface area contributed by atoms with E-state index in [0.717, 1.165) is 23.4 Å². The summed E-state index contributed by atoms with van der Waals surface area (Å²) in [4.78, 5) is 14.7. The number of halogens is 1. The van der Waals surface area contributed by atoms with Crippen LogP contribution in [0.3, 0.4) is 0 Å². The first-order chi connectivity index (χ1) is 10.0. The standard InChI is InChI=1S/C17H22ClNO2/c1-10-4-5-11(8-14(10)18)13-9-12-6-7-15(19(12)2)16(13)17(20)21-3/h4-5,8,12-13,15-16H,6-7,9H2,1-3H3/t12?,13-,15?,16+/m1/s1. The Morgan fingerprint density at radius 3 is 2.81 bits per heavy atom. The molecule has 2 bridgehead atoms. The fraction of sp³-hybridized carbons (Fsp3) is 0.588. The third-order valence-corrected chi connectivity index (χ3v) is 5.77. The zero-order chi connectivity index (χ0) is 15.1. The van der Waals surface area contributed by atoms with Crippen LogP contribution >= 0.6 is 11.6 Å². The van der Waals surface area contributed by atoms with E-state index in [-0.39, 0.29) is 17.8 Å². The van der Waals surface area contributed by atoms with Crippen LogP contribution in [0.4, 0.5) is 0 Å². The second-order valence-electron chi connectivity index (χ2n) is 6.36. The van der Waals surface area contributed by atoms with Gasteiger partial charge in [-0.3, -0.25) is 9.69 Å². The van der Waals surface area contributed by atoms with E-state index in [0.29, 0.717) is 12.1 Å². The third kappa shape index (κ3) is 2.47. The number of rotatable bonds is 2. The molecule has 21 heavy (non-hydrogen) atoms. The molecular formula is C17H22ClNO2. The number of piperidine rings is 1. The Morgan fingerprint density at radius 1 is 1.38 bits per heavy atom. The fourth-order valence-electron chi connectivity index (χ4n) is 4.11. The maximum Gasteiger partial charge on any atom is 0.310 e. The minimum atomic E-state index is -0.0890. The van der Waals surface area contributed by atoms with Crippen LogP contribution in [0.25, 0.3) is 0 Å². The lowest BCUT2D eigenvalue weighted by atomic mass is 9.76. The molecular weight excluding hydrogens is 286 g/mol. The van der Waals surface area contributed by atoms with Crippen LogP contribution in [-0.4, -0.2) is 37.1 Å². The Kier molecular flexibility index (Phi) is 3.98. The molecule has 2 heterocycles. The first-order valence-electron chi connectivity index (χ1n) is 7.58. The van der Waals surface area contributed by atoms with Gasteiger partial charge < -0.3 is 4.74 Å². The van der Waals surface area contributed by atoms with E-state index in [1.807, 2.05) is 19.1 Å². The number of carbonyl (C=O) groups is 1. The summed E-state index contributed by atoms with van der Waals surface area (Å²) < 4.78 is 5.10. The van der Waals surface area contributed by atoms with Crippen molar-refractivity contribution in [2.45, 2.75) is 44.2 Å². The molecule has 1 aromatic rings. The lowest BCUT2D eigenvalue weighted by Crippen LogP contribution is -2.49. The van der Waals surface area contributed by atoms with Crippen LogP contribution in [0.15, 0.2) is 18.2 Å². The normalized spacial score (nSPS) is 32.2. The van der Waals surface area contributed by atoms with Gasteiger partial charge in [-0.05, 0) is 50.4 Å². The summed E-state index contributed by atoms with van der Waals surface area (Å²) in [5.74, 6) is 0.0377. The summed E-state index contributed by atoms with van der Waals surface area (Å²) in [7, 11) is 3.62. The van der Waals surface area contributed by atoms with E-state index >= 15 is 0 Å². The molecule has 0 saturated carbocycles. The van der Waals surface area contributed by atoms with Crippen molar-refractivity contribution in [3.8, 4) is 0 Å². The summed E-state index contributed by atoms with van der Waals surface area (Å²) in [6.45, 7) is 2.00. The van der Waals surface area contributed by atoms with Gasteiger partial charge in [0.2, 0.25) is 0 Å². The van der Waals surface area contributed by atoms with Gasteiger partial charge in [-0.1, -0.05) is 23.7 Å². The zero-order valence-electron chi connectivity index (χ0n) is 12.8. The molecule has 2 aliphatic heterocycles. The van der Waals surface area contributed by atoms with E-state index in [1.165, 1.54) is 19.1 Å². The highest BCUT2D eigenvalue weighted by atomic mass is 35.5. The van der Waals surface area contributed by atoms with Crippen molar-refractivity contribution in [3.63, 3.8) is 0 Å². The monoisotopic (exact) mass is 307 g/mol. The van der Waals surface area contributed by atoms with E-state index in [1.54, 1.807) is 0 Å². The van der Waals surface area contributed by atoms with Gasteiger partial charge >= 0.3 is 5.97 Å². The van der Waals surface area contributed by atoms with Crippen LogP contribution in [0, 0.1) is 12.8 Å². The van der Waals surface area contributed by atoms with E-state index in [9.17, 15) is 4.79 Å². The topological polar surface area (TPSA) is 29.5 Å². The van der Waals surface area contributed by atoms with E-state index in [4.69, 9.17) is 16.3 Å². The highest BCUT2D eigenvalue weighted by molar-refractivity contribution is 6.31. The van der Waals surface area contributed by atoms with Crippen molar-refractivity contribution in [2.24, 2.45) is 5.92 Å². The van der Waals surface area contributed by atoms with Crippen LogP contribution < -0.4 is 0 Å². The predicted molar refractivity (Wildman–Crippen MR) is 83.6 cm³/mol. The summed E-state index contributed by atoms with van der Waals surface area (Å²) in [6.07, 6.45) is 3.26. The first kappa shape index (κ1) is 14.9. The highest BCUT2D eigenvalue weighted by Gasteiger charge is 2.49. The lowest BCUT2D eigenvalue weighted by Gasteiger charge is -2.41. The maximum atomic E-state index is 12.4. The number of carbonyl (C=O) groups excluding carboxylic acids is 1. The summed E-state index contributed by atoms with van der Waals surface area (Å²) in [5, 5.41) is 0.780. The molecule has 1 aromatic carbocycles. The minimum absolute atomic E-state index is 0.0856. The highest BCUT2D eigenvalue weighted by Crippen LogP contribution is 2.47. The van der Waals surface area contributed by atoms with Gasteiger partial charge in [-0.15, -0.1) is 0 Å². The molecule has 2 unspecified atom stereocenters.